The van der Waals surface area contributed by atoms with Crippen LogP contribution >= 0.6 is 11.8 Å². The van der Waals surface area contributed by atoms with Crippen LogP contribution in [0.1, 0.15) is 46.0 Å². The Morgan fingerprint density at radius 3 is 2.17 bits per heavy atom. The van der Waals surface area contributed by atoms with Crippen molar-refractivity contribution in [3.8, 4) is 0 Å². The highest BCUT2D eigenvalue weighted by molar-refractivity contribution is 8.00. The smallest absolute Gasteiger partial charge is 0.389 e. The fourth-order valence-corrected chi connectivity index (χ4v) is 2.69. The van der Waals surface area contributed by atoms with Crippen LogP contribution in [0, 0.1) is 5.92 Å². The summed E-state index contributed by atoms with van der Waals surface area (Å²) in [6.07, 6.45) is -2.54. The van der Waals surface area contributed by atoms with Gasteiger partial charge in [-0.15, -0.1) is 11.8 Å². The number of carboxylic acids is 1. The van der Waals surface area contributed by atoms with Crippen molar-refractivity contribution in [1.29, 1.82) is 0 Å². The molecule has 0 bridgehead atoms. The molecule has 0 aliphatic heterocycles. The third-order valence-corrected chi connectivity index (χ3v) is 4.13. The van der Waals surface area contributed by atoms with Crippen molar-refractivity contribution < 1.29 is 23.1 Å². The van der Waals surface area contributed by atoms with Gasteiger partial charge in [-0.25, -0.2) is 0 Å². The van der Waals surface area contributed by atoms with Crippen LogP contribution in [0.3, 0.4) is 0 Å². The van der Waals surface area contributed by atoms with Gasteiger partial charge in [0, 0.05) is 6.42 Å². The van der Waals surface area contributed by atoms with Crippen LogP contribution in [0.4, 0.5) is 13.2 Å². The molecular formula is C12H21F3O2S. The van der Waals surface area contributed by atoms with E-state index in [1.54, 1.807) is 0 Å². The molecule has 18 heavy (non-hydrogen) atoms. The van der Waals surface area contributed by atoms with E-state index >= 15 is 0 Å². The lowest BCUT2D eigenvalue weighted by Gasteiger charge is -2.15. The molecule has 0 saturated carbocycles. The third-order valence-electron chi connectivity index (χ3n) is 2.50. The van der Waals surface area contributed by atoms with Crippen LogP contribution in [0.15, 0.2) is 0 Å². The van der Waals surface area contributed by atoms with Gasteiger partial charge in [0.05, 0.1) is 0 Å². The number of halogens is 3. The summed E-state index contributed by atoms with van der Waals surface area (Å²) < 4.78 is 35.5. The summed E-state index contributed by atoms with van der Waals surface area (Å²) in [6, 6.07) is 0. The first-order valence-corrected chi connectivity index (χ1v) is 7.20. The van der Waals surface area contributed by atoms with Crippen LogP contribution in [-0.2, 0) is 4.79 Å². The molecule has 0 aliphatic rings. The first-order valence-electron chi connectivity index (χ1n) is 6.15. The lowest BCUT2D eigenvalue weighted by atomic mass is 10.1. The van der Waals surface area contributed by atoms with Crippen LogP contribution in [0.25, 0.3) is 0 Å². The second-order valence-corrected chi connectivity index (χ2v) is 5.90. The van der Waals surface area contributed by atoms with Gasteiger partial charge in [-0.05, 0) is 24.5 Å². The number of rotatable bonds is 9. The molecule has 0 aromatic rings. The Kier molecular flexibility index (Phi) is 8.48. The van der Waals surface area contributed by atoms with Gasteiger partial charge in [-0.2, -0.15) is 13.2 Å². The van der Waals surface area contributed by atoms with Gasteiger partial charge in [0.2, 0.25) is 0 Å². The Labute approximate surface area is 110 Å². The summed E-state index contributed by atoms with van der Waals surface area (Å²) >= 11 is 1.38. The fourth-order valence-electron chi connectivity index (χ4n) is 1.54. The fraction of sp³-hybridized carbons (Fsp3) is 0.917. The Morgan fingerprint density at radius 1 is 1.17 bits per heavy atom. The molecule has 1 unspecified atom stereocenters. The predicted octanol–water partition coefficient (Wildman–Crippen LogP) is 4.34. The normalized spacial score (nSPS) is 13.9. The standard InChI is InChI=1S/C12H21F3O2S/c1-9(2)10(11(16)17)18-8-6-4-3-5-7-12(13,14)15/h9-10H,3-8H2,1-2H3,(H,16,17). The maximum atomic E-state index is 11.8. The van der Waals surface area contributed by atoms with Crippen LogP contribution in [0.2, 0.25) is 0 Å². The highest BCUT2D eigenvalue weighted by Gasteiger charge is 2.25. The molecule has 0 aromatic heterocycles. The molecule has 0 spiro atoms. The zero-order chi connectivity index (χ0) is 14.2. The average molecular weight is 286 g/mol. The van der Waals surface area contributed by atoms with Crippen molar-refractivity contribution in [1.82, 2.24) is 0 Å². The summed E-state index contributed by atoms with van der Waals surface area (Å²) in [4.78, 5) is 10.9. The number of carbonyl (C=O) groups is 1. The predicted molar refractivity (Wildman–Crippen MR) is 67.9 cm³/mol. The summed E-state index contributed by atoms with van der Waals surface area (Å²) in [5.74, 6) is -0.0500. The molecule has 0 amide bonds. The first-order chi connectivity index (χ1) is 8.24. The van der Waals surface area contributed by atoms with Crippen molar-refractivity contribution in [2.24, 2.45) is 5.92 Å². The number of unbranched alkanes of at least 4 members (excludes halogenated alkanes) is 3. The van der Waals surface area contributed by atoms with E-state index in [0.717, 1.165) is 12.8 Å². The molecule has 1 atom stereocenters. The molecule has 0 fully saturated rings. The SMILES string of the molecule is CC(C)C(SCCCCCCC(F)(F)F)C(=O)O. The second kappa shape index (κ2) is 8.67. The maximum absolute atomic E-state index is 11.8. The van der Waals surface area contributed by atoms with Crippen molar-refractivity contribution in [3.05, 3.63) is 0 Å². The Bertz CT molecular complexity index is 242. The van der Waals surface area contributed by atoms with Gasteiger partial charge < -0.3 is 5.11 Å². The van der Waals surface area contributed by atoms with Gasteiger partial charge in [-0.3, -0.25) is 4.79 Å². The van der Waals surface area contributed by atoms with Crippen LogP contribution in [-0.4, -0.2) is 28.3 Å². The minimum Gasteiger partial charge on any atom is -0.480 e. The van der Waals surface area contributed by atoms with Crippen molar-refractivity contribution in [2.75, 3.05) is 5.75 Å². The Balaban J connectivity index is 3.53. The minimum absolute atomic E-state index is 0.0673. The van der Waals surface area contributed by atoms with E-state index < -0.39 is 23.8 Å². The third kappa shape index (κ3) is 9.62. The van der Waals surface area contributed by atoms with E-state index in [1.807, 2.05) is 13.8 Å². The van der Waals surface area contributed by atoms with Gasteiger partial charge in [-0.1, -0.05) is 26.7 Å². The molecule has 108 valence electrons. The minimum atomic E-state index is -4.05. The molecule has 1 N–H and O–H groups in total. The van der Waals surface area contributed by atoms with Crippen molar-refractivity contribution in [2.45, 2.75) is 57.4 Å². The van der Waals surface area contributed by atoms with E-state index in [2.05, 4.69) is 0 Å². The van der Waals surface area contributed by atoms with E-state index in [0.29, 0.717) is 12.2 Å². The molecule has 0 saturated heterocycles. The largest absolute Gasteiger partial charge is 0.480 e. The number of thioether (sulfide) groups is 1. The number of alkyl halides is 3. The monoisotopic (exact) mass is 286 g/mol. The number of carboxylic acid groups (broad SMARTS) is 1. The van der Waals surface area contributed by atoms with Gasteiger partial charge in [0.1, 0.15) is 5.25 Å². The van der Waals surface area contributed by atoms with Gasteiger partial charge >= 0.3 is 12.1 Å². The van der Waals surface area contributed by atoms with Crippen LogP contribution in [0.5, 0.6) is 0 Å². The first kappa shape index (κ1) is 17.6. The molecule has 0 heterocycles. The maximum Gasteiger partial charge on any atom is 0.389 e. The number of hydrogen-bond donors (Lipinski definition) is 1. The summed E-state index contributed by atoms with van der Waals surface area (Å²) in [5, 5.41) is 8.51. The van der Waals surface area contributed by atoms with Gasteiger partial charge in [0.25, 0.3) is 0 Å². The van der Waals surface area contributed by atoms with E-state index in [-0.39, 0.29) is 12.3 Å². The van der Waals surface area contributed by atoms with E-state index in [9.17, 15) is 18.0 Å². The molecule has 0 aliphatic carbocycles. The summed E-state index contributed by atoms with van der Waals surface area (Å²) in [7, 11) is 0. The molecule has 6 heteroatoms. The van der Waals surface area contributed by atoms with E-state index in [4.69, 9.17) is 5.11 Å². The van der Waals surface area contributed by atoms with Crippen LogP contribution < -0.4 is 0 Å². The lowest BCUT2D eigenvalue weighted by molar-refractivity contribution is -0.137. The molecule has 0 aromatic carbocycles. The Hall–Kier alpha value is -0.390. The molecule has 0 rings (SSSR count). The molecular weight excluding hydrogens is 265 g/mol. The van der Waals surface area contributed by atoms with Crippen molar-refractivity contribution in [3.63, 3.8) is 0 Å². The van der Waals surface area contributed by atoms with Crippen molar-refractivity contribution >= 4 is 17.7 Å². The molecule has 0 radical (unpaired) electrons. The molecule has 2 nitrogen and oxygen atoms in total. The summed E-state index contributed by atoms with van der Waals surface area (Å²) in [6.45, 7) is 3.71. The highest BCUT2D eigenvalue weighted by atomic mass is 32.2. The summed E-state index contributed by atoms with van der Waals surface area (Å²) in [5.41, 5.74) is 0. The second-order valence-electron chi connectivity index (χ2n) is 4.65. The highest BCUT2D eigenvalue weighted by Crippen LogP contribution is 2.24. The topological polar surface area (TPSA) is 37.3 Å². The Morgan fingerprint density at radius 2 is 1.72 bits per heavy atom. The lowest BCUT2D eigenvalue weighted by Crippen LogP contribution is -2.22. The number of hydrogen-bond acceptors (Lipinski definition) is 2. The zero-order valence-corrected chi connectivity index (χ0v) is 11.6. The quantitative estimate of drug-likeness (QED) is 0.641. The van der Waals surface area contributed by atoms with E-state index in [1.165, 1.54) is 11.8 Å². The average Bonchev–Trinajstić information content (AvgIpc) is 2.19. The zero-order valence-electron chi connectivity index (χ0n) is 10.8. The van der Waals surface area contributed by atoms with Gasteiger partial charge in [0.15, 0.2) is 0 Å². The number of aliphatic carboxylic acids is 1.